The molecule has 0 aromatic rings. The van der Waals surface area contributed by atoms with E-state index in [0.29, 0.717) is 5.75 Å². The predicted octanol–water partition coefficient (Wildman–Crippen LogP) is -2.77. The average Bonchev–Trinajstić information content (AvgIpc) is 2.11. The van der Waals surface area contributed by atoms with Gasteiger partial charge in [0.1, 0.15) is 12.0 Å². The molecule has 6 nitrogen and oxygen atoms in total. The van der Waals surface area contributed by atoms with Crippen molar-refractivity contribution in [3.05, 3.63) is 0 Å². The monoisotopic (exact) mass is 256 g/mol. The van der Waals surface area contributed by atoms with E-state index in [1.807, 2.05) is 6.26 Å². The van der Waals surface area contributed by atoms with Crippen LogP contribution in [0.5, 0.6) is 0 Å². The van der Waals surface area contributed by atoms with Crippen LogP contribution >= 0.6 is 11.8 Å². The molecule has 0 fully saturated rings. The molecule has 0 aromatic carbocycles. The number of carbonyl (C=O) groups excluding carboxylic acids is 1. The van der Waals surface area contributed by atoms with E-state index in [1.165, 1.54) is 25.9 Å². The van der Waals surface area contributed by atoms with E-state index in [0.717, 1.165) is 9.03 Å². The molecule has 0 aromatic heterocycles. The second-order valence-corrected chi connectivity index (χ2v) is 6.19. The Bertz CT molecular complexity index is 302. The van der Waals surface area contributed by atoms with Crippen LogP contribution in [0.1, 0.15) is 6.42 Å². The van der Waals surface area contributed by atoms with Crippen molar-refractivity contribution >= 4 is 27.9 Å². The van der Waals surface area contributed by atoms with Gasteiger partial charge in [0, 0.05) is 20.5 Å². The van der Waals surface area contributed by atoms with Gasteiger partial charge in [0.2, 0.25) is 0 Å². The number of quaternary nitrogens is 1. The van der Waals surface area contributed by atoms with E-state index in [9.17, 15) is 18.3 Å². The van der Waals surface area contributed by atoms with Crippen LogP contribution in [0.4, 0.5) is 0 Å². The van der Waals surface area contributed by atoms with Gasteiger partial charge in [0.05, 0.1) is 0 Å². The van der Waals surface area contributed by atoms with Crippen LogP contribution in [0, 0.1) is 0 Å². The van der Waals surface area contributed by atoms with Crippen molar-refractivity contribution in [1.29, 1.82) is 0 Å². The van der Waals surface area contributed by atoms with E-state index >= 15 is 0 Å². The van der Waals surface area contributed by atoms with Gasteiger partial charge in [-0.25, -0.2) is 4.72 Å². The zero-order valence-corrected chi connectivity index (χ0v) is 10.6. The summed E-state index contributed by atoms with van der Waals surface area (Å²) in [6, 6.07) is -1.05. The molecule has 0 heterocycles. The van der Waals surface area contributed by atoms with Crippen LogP contribution in [0.2, 0.25) is 0 Å². The fourth-order valence-electron chi connectivity index (χ4n) is 0.816. The first kappa shape index (κ1) is 14.7. The number of aliphatic carboxylic acids is 1. The number of thioether (sulfide) groups is 1. The second kappa shape index (κ2) is 6.31. The van der Waals surface area contributed by atoms with Gasteiger partial charge >= 0.3 is 10.2 Å². The molecule has 0 amide bonds. The molecule has 0 saturated carbocycles. The summed E-state index contributed by atoms with van der Waals surface area (Å²) in [6.07, 6.45) is 2.09. The highest BCUT2D eigenvalue weighted by Crippen LogP contribution is 1.97. The molecule has 0 radical (unpaired) electrons. The lowest BCUT2D eigenvalue weighted by atomic mass is 10.2. The molecule has 0 aliphatic rings. The van der Waals surface area contributed by atoms with E-state index in [2.05, 4.69) is 0 Å². The number of carboxylic acids is 1. The predicted molar refractivity (Wildman–Crippen MR) is 56.3 cm³/mol. The summed E-state index contributed by atoms with van der Waals surface area (Å²) >= 11 is 1.46. The highest BCUT2D eigenvalue weighted by Gasteiger charge is 2.24. The standard InChI is InChI=1S/C7H16N2O4S2/c1-9(2)15(12,13)8-6(7(10)11)4-5-14-3/h6,8H,4-5H2,1-3H3,(H,10,11)/t6-/m0/s1. The smallest absolute Gasteiger partial charge is 0.369 e. The molecule has 15 heavy (non-hydrogen) atoms. The number of hydrogen-bond acceptors (Lipinski definition) is 5. The molecule has 1 atom stereocenters. The largest absolute Gasteiger partial charge is 0.544 e. The lowest BCUT2D eigenvalue weighted by Crippen LogP contribution is -2.97. The minimum absolute atomic E-state index is 0.260. The number of carboxylic acid groups (broad SMARTS) is 1. The van der Waals surface area contributed by atoms with Gasteiger partial charge in [-0.05, 0) is 12.0 Å². The Hall–Kier alpha value is -0.310. The maximum absolute atomic E-state index is 11.4. The highest BCUT2D eigenvalue weighted by atomic mass is 32.2. The molecule has 0 aliphatic carbocycles. The lowest BCUT2D eigenvalue weighted by Gasteiger charge is -2.17. The minimum atomic E-state index is -3.59. The number of rotatable bonds is 7. The molecule has 0 bridgehead atoms. The molecule has 0 saturated heterocycles. The van der Waals surface area contributed by atoms with Gasteiger partial charge in [0.15, 0.2) is 0 Å². The Morgan fingerprint density at radius 3 is 2.40 bits per heavy atom. The summed E-state index contributed by atoms with van der Waals surface area (Å²) in [5.74, 6) is -0.771. The van der Waals surface area contributed by atoms with E-state index in [4.69, 9.17) is 0 Å². The maximum Gasteiger partial charge on any atom is 0.369 e. The van der Waals surface area contributed by atoms with E-state index in [-0.39, 0.29) is 6.42 Å². The molecule has 8 heteroatoms. The van der Waals surface area contributed by atoms with Crippen molar-refractivity contribution < 1.29 is 23.0 Å². The molecule has 0 aliphatic heterocycles. The molecular weight excluding hydrogens is 240 g/mol. The summed E-state index contributed by atoms with van der Waals surface area (Å²) in [5, 5.41) is 10.7. The number of hydrogen-bond donors (Lipinski definition) is 1. The molecule has 0 spiro atoms. The third kappa shape index (κ3) is 5.36. The first-order chi connectivity index (χ1) is 6.81. The summed E-state index contributed by atoms with van der Waals surface area (Å²) in [7, 11) is -0.887. The molecule has 0 rings (SSSR count). The number of nitrogens with zero attached hydrogens (tertiary/aromatic N) is 1. The van der Waals surface area contributed by atoms with Crippen LogP contribution in [-0.4, -0.2) is 50.8 Å². The Kier molecular flexibility index (Phi) is 6.18. The normalized spacial score (nSPS) is 14.1. The Morgan fingerprint density at radius 1 is 1.53 bits per heavy atom. The zero-order valence-electron chi connectivity index (χ0n) is 8.97. The second-order valence-electron chi connectivity index (χ2n) is 3.17. The van der Waals surface area contributed by atoms with Crippen LogP contribution in [0.25, 0.3) is 0 Å². The van der Waals surface area contributed by atoms with Crippen LogP contribution < -0.4 is 9.83 Å². The fraction of sp³-hybridized carbons (Fsp3) is 0.857. The molecule has 90 valence electrons. The average molecular weight is 256 g/mol. The van der Waals surface area contributed by atoms with E-state index in [1.54, 1.807) is 0 Å². The summed E-state index contributed by atoms with van der Waals surface area (Å²) < 4.78 is 24.6. The van der Waals surface area contributed by atoms with Gasteiger partial charge in [-0.1, -0.05) is 0 Å². The minimum Gasteiger partial charge on any atom is -0.544 e. The molecule has 2 N–H and O–H groups in total. The van der Waals surface area contributed by atoms with Gasteiger partial charge in [0.25, 0.3) is 0 Å². The van der Waals surface area contributed by atoms with Crippen molar-refractivity contribution in [1.82, 2.24) is 4.31 Å². The highest BCUT2D eigenvalue weighted by molar-refractivity contribution is 7.98. The first-order valence-corrected chi connectivity index (χ1v) is 7.18. The third-order valence-corrected chi connectivity index (χ3v) is 4.12. The number of nitrogens with two attached hydrogens (primary N) is 1. The summed E-state index contributed by atoms with van der Waals surface area (Å²) in [5.41, 5.74) is 0. The van der Waals surface area contributed by atoms with E-state index < -0.39 is 22.2 Å². The van der Waals surface area contributed by atoms with Crippen molar-refractivity contribution in [3.63, 3.8) is 0 Å². The van der Waals surface area contributed by atoms with Gasteiger partial charge in [-0.3, -0.25) is 0 Å². The molecule has 0 unspecified atom stereocenters. The first-order valence-electron chi connectivity index (χ1n) is 4.28. The topological polar surface area (TPSA) is 94.1 Å². The zero-order chi connectivity index (χ0) is 12.1. The molecular formula is C7H16N2O4S2. The maximum atomic E-state index is 11.4. The van der Waals surface area contributed by atoms with Crippen molar-refractivity contribution in [3.8, 4) is 0 Å². The lowest BCUT2D eigenvalue weighted by molar-refractivity contribution is -0.544. The quantitative estimate of drug-likeness (QED) is 0.532. The Labute approximate surface area is 94.2 Å². The fourth-order valence-corrected chi connectivity index (χ4v) is 2.21. The van der Waals surface area contributed by atoms with Crippen LogP contribution in [0.3, 0.4) is 0 Å². The van der Waals surface area contributed by atoms with Crippen LogP contribution in [0.15, 0.2) is 0 Å². The Balaban J connectivity index is 4.48. The van der Waals surface area contributed by atoms with Crippen molar-refractivity contribution in [2.24, 2.45) is 0 Å². The number of carbonyl (C=O) groups is 1. The van der Waals surface area contributed by atoms with Crippen molar-refractivity contribution in [2.45, 2.75) is 12.5 Å². The Morgan fingerprint density at radius 2 is 2.07 bits per heavy atom. The van der Waals surface area contributed by atoms with Gasteiger partial charge in [-0.2, -0.15) is 24.5 Å². The van der Waals surface area contributed by atoms with Gasteiger partial charge < -0.3 is 9.90 Å². The summed E-state index contributed by atoms with van der Waals surface area (Å²) in [4.78, 5) is 10.7. The van der Waals surface area contributed by atoms with Crippen LogP contribution in [-0.2, 0) is 15.0 Å². The van der Waals surface area contributed by atoms with Crippen molar-refractivity contribution in [2.75, 3.05) is 26.1 Å². The summed E-state index contributed by atoms with van der Waals surface area (Å²) in [6.45, 7) is 0. The third-order valence-electron chi connectivity index (χ3n) is 1.78. The SMILES string of the molecule is CSCC[C@H]([NH2+]S(=O)(=O)N(C)C)C(=O)[O-]. The van der Waals surface area contributed by atoms with Gasteiger partial charge in [-0.15, -0.1) is 0 Å².